The van der Waals surface area contributed by atoms with E-state index in [1.807, 2.05) is 74.4 Å². The zero-order chi connectivity index (χ0) is 21.8. The summed E-state index contributed by atoms with van der Waals surface area (Å²) in [6.45, 7) is 3.72. The molecule has 0 saturated carbocycles. The van der Waals surface area contributed by atoms with Crippen molar-refractivity contribution in [3.8, 4) is 17.1 Å². The van der Waals surface area contributed by atoms with E-state index in [1.165, 1.54) is 11.3 Å². The van der Waals surface area contributed by atoms with Crippen LogP contribution in [0.4, 0.5) is 5.13 Å². The summed E-state index contributed by atoms with van der Waals surface area (Å²) in [5, 5.41) is 4.66. The lowest BCUT2D eigenvalue weighted by Gasteiger charge is -2.20. The van der Waals surface area contributed by atoms with Crippen molar-refractivity contribution in [2.75, 3.05) is 38.7 Å². The van der Waals surface area contributed by atoms with Crippen molar-refractivity contribution >= 4 is 32.6 Å². The average molecular weight is 437 g/mol. The fourth-order valence-electron chi connectivity index (χ4n) is 3.10. The molecule has 2 aromatic heterocycles. The van der Waals surface area contributed by atoms with Crippen LogP contribution < -0.4 is 9.64 Å². The number of aromatic nitrogens is 2. The molecule has 1 amide bonds. The first-order chi connectivity index (χ1) is 15.0. The number of anilines is 1. The molecule has 0 aliphatic carbocycles. The number of carbonyl (C=O) groups is 1. The zero-order valence-electron chi connectivity index (χ0n) is 17.7. The van der Waals surface area contributed by atoms with Crippen molar-refractivity contribution in [2.45, 2.75) is 6.92 Å². The highest BCUT2D eigenvalue weighted by Gasteiger charge is 2.25. The molecule has 160 valence electrons. The van der Waals surface area contributed by atoms with Gasteiger partial charge in [-0.3, -0.25) is 9.69 Å². The van der Waals surface area contributed by atoms with E-state index in [9.17, 15) is 4.79 Å². The molecule has 4 aromatic rings. The van der Waals surface area contributed by atoms with Gasteiger partial charge in [-0.15, -0.1) is 0 Å². The van der Waals surface area contributed by atoms with Crippen molar-refractivity contribution in [2.24, 2.45) is 0 Å². The topological polar surface area (TPSA) is 71.7 Å². The van der Waals surface area contributed by atoms with E-state index >= 15 is 0 Å². The second-order valence-corrected chi connectivity index (χ2v) is 8.27. The Hall–Kier alpha value is -3.23. The minimum absolute atomic E-state index is 0.239. The minimum Gasteiger partial charge on any atom is -0.494 e. The molecule has 7 nitrogen and oxygen atoms in total. The van der Waals surface area contributed by atoms with Crippen LogP contribution >= 0.6 is 11.3 Å². The molecule has 0 bridgehead atoms. The first-order valence-corrected chi connectivity index (χ1v) is 10.9. The van der Waals surface area contributed by atoms with Gasteiger partial charge in [0.15, 0.2) is 16.6 Å². The van der Waals surface area contributed by atoms with Crippen LogP contribution in [0.3, 0.4) is 0 Å². The number of hydrogen-bond acceptors (Lipinski definition) is 7. The fraction of sp³-hybridized carbons (Fsp3) is 0.261. The largest absolute Gasteiger partial charge is 0.494 e. The van der Waals surface area contributed by atoms with Gasteiger partial charge < -0.3 is 14.2 Å². The van der Waals surface area contributed by atoms with Gasteiger partial charge in [0.25, 0.3) is 5.91 Å². The number of fused-ring (bicyclic) bond motifs is 1. The maximum Gasteiger partial charge on any atom is 0.282 e. The molecule has 0 radical (unpaired) electrons. The van der Waals surface area contributed by atoms with Crippen LogP contribution in [0.1, 0.15) is 17.4 Å². The molecule has 8 heteroatoms. The summed E-state index contributed by atoms with van der Waals surface area (Å²) in [6.07, 6.45) is 0. The third kappa shape index (κ3) is 4.76. The third-order valence-corrected chi connectivity index (χ3v) is 5.74. The Morgan fingerprint density at radius 2 is 1.90 bits per heavy atom. The van der Waals surface area contributed by atoms with Crippen LogP contribution in [0.15, 0.2) is 59.1 Å². The van der Waals surface area contributed by atoms with Crippen LogP contribution in [0.2, 0.25) is 0 Å². The number of carbonyl (C=O) groups excluding carboxylic acids is 1. The van der Waals surface area contributed by atoms with Gasteiger partial charge in [-0.1, -0.05) is 46.8 Å². The highest BCUT2D eigenvalue weighted by molar-refractivity contribution is 7.22. The summed E-state index contributed by atoms with van der Waals surface area (Å²) in [4.78, 5) is 21.8. The molecule has 0 saturated heterocycles. The van der Waals surface area contributed by atoms with Gasteiger partial charge in [0, 0.05) is 24.7 Å². The summed E-state index contributed by atoms with van der Waals surface area (Å²) in [7, 11) is 3.94. The number of ether oxygens (including phenoxy) is 1. The number of likely N-dealkylation sites (N-methyl/N-ethyl adjacent to an activating group) is 1. The van der Waals surface area contributed by atoms with Gasteiger partial charge in [0.1, 0.15) is 5.75 Å². The molecule has 31 heavy (non-hydrogen) atoms. The van der Waals surface area contributed by atoms with Gasteiger partial charge in [-0.2, -0.15) is 0 Å². The van der Waals surface area contributed by atoms with E-state index in [1.54, 1.807) is 11.0 Å². The maximum atomic E-state index is 13.4. The van der Waals surface area contributed by atoms with Gasteiger partial charge in [0.2, 0.25) is 0 Å². The summed E-state index contributed by atoms with van der Waals surface area (Å²) in [5.74, 6) is 1.11. The Kier molecular flexibility index (Phi) is 6.29. The van der Waals surface area contributed by atoms with Crippen molar-refractivity contribution in [1.29, 1.82) is 0 Å². The van der Waals surface area contributed by atoms with E-state index in [2.05, 4.69) is 5.16 Å². The molecular formula is C23H24N4O3S. The quantitative estimate of drug-likeness (QED) is 0.403. The van der Waals surface area contributed by atoms with E-state index in [0.29, 0.717) is 30.6 Å². The van der Waals surface area contributed by atoms with Gasteiger partial charge in [-0.25, -0.2) is 4.98 Å². The molecule has 2 heterocycles. The average Bonchev–Trinajstić information content (AvgIpc) is 3.41. The lowest BCUT2D eigenvalue weighted by molar-refractivity contribution is 0.0976. The summed E-state index contributed by atoms with van der Waals surface area (Å²) in [5.41, 5.74) is 1.96. The monoisotopic (exact) mass is 436 g/mol. The summed E-state index contributed by atoms with van der Waals surface area (Å²) >= 11 is 1.46. The highest BCUT2D eigenvalue weighted by atomic mass is 32.1. The number of thiazole rings is 1. The molecule has 0 aliphatic rings. The number of nitrogens with zero attached hydrogens (tertiary/aromatic N) is 4. The number of hydrogen-bond donors (Lipinski definition) is 0. The molecule has 0 spiro atoms. The standard InChI is InChI=1S/C23H24N4O3S/c1-4-29-17-10-11-18-21(14-17)31-23(24-18)27(13-12-26(2)3)22(28)19-15-20(30-25-19)16-8-6-5-7-9-16/h5-11,14-15H,4,12-13H2,1-3H3. The van der Waals surface area contributed by atoms with Gasteiger partial charge in [0.05, 0.1) is 16.8 Å². The molecule has 0 atom stereocenters. The molecule has 4 rings (SSSR count). The number of benzene rings is 2. The normalized spacial score (nSPS) is 11.2. The second kappa shape index (κ2) is 9.28. The van der Waals surface area contributed by atoms with Crippen LogP contribution in [0.5, 0.6) is 5.75 Å². The first kappa shape index (κ1) is 21.0. The Labute approximate surface area is 184 Å². The Morgan fingerprint density at radius 3 is 2.65 bits per heavy atom. The third-order valence-electron chi connectivity index (χ3n) is 4.69. The van der Waals surface area contributed by atoms with Crippen LogP contribution in [0.25, 0.3) is 21.5 Å². The van der Waals surface area contributed by atoms with Crippen LogP contribution in [-0.2, 0) is 0 Å². The zero-order valence-corrected chi connectivity index (χ0v) is 18.6. The van der Waals surface area contributed by atoms with Crippen molar-refractivity contribution < 1.29 is 14.1 Å². The lowest BCUT2D eigenvalue weighted by atomic mass is 10.1. The predicted octanol–water partition coefficient (Wildman–Crippen LogP) is 4.56. The van der Waals surface area contributed by atoms with Crippen LogP contribution in [0, 0.1) is 0 Å². The maximum absolute atomic E-state index is 13.4. The molecule has 2 aromatic carbocycles. The Balaban J connectivity index is 1.65. The highest BCUT2D eigenvalue weighted by Crippen LogP contribution is 2.32. The van der Waals surface area contributed by atoms with E-state index in [-0.39, 0.29) is 11.6 Å². The van der Waals surface area contributed by atoms with E-state index in [0.717, 1.165) is 21.5 Å². The van der Waals surface area contributed by atoms with E-state index in [4.69, 9.17) is 14.2 Å². The SMILES string of the molecule is CCOc1ccc2nc(N(CCN(C)C)C(=O)c3cc(-c4ccccc4)on3)sc2c1. The van der Waals surface area contributed by atoms with Crippen molar-refractivity contribution in [3.63, 3.8) is 0 Å². The lowest BCUT2D eigenvalue weighted by Crippen LogP contribution is -2.36. The van der Waals surface area contributed by atoms with Crippen LogP contribution in [-0.4, -0.2) is 54.7 Å². The predicted molar refractivity (Wildman–Crippen MR) is 123 cm³/mol. The Morgan fingerprint density at radius 1 is 1.10 bits per heavy atom. The smallest absolute Gasteiger partial charge is 0.282 e. The molecule has 0 unspecified atom stereocenters. The molecular weight excluding hydrogens is 412 g/mol. The van der Waals surface area contributed by atoms with Gasteiger partial charge in [-0.05, 0) is 39.2 Å². The van der Waals surface area contributed by atoms with Crippen molar-refractivity contribution in [3.05, 3.63) is 60.3 Å². The van der Waals surface area contributed by atoms with Crippen molar-refractivity contribution in [1.82, 2.24) is 15.0 Å². The Bertz CT molecular complexity index is 1170. The summed E-state index contributed by atoms with van der Waals surface area (Å²) < 4.78 is 12.0. The first-order valence-electron chi connectivity index (χ1n) is 10.1. The second-order valence-electron chi connectivity index (χ2n) is 7.26. The summed E-state index contributed by atoms with van der Waals surface area (Å²) in [6, 6.07) is 17.0. The fourth-order valence-corrected chi connectivity index (χ4v) is 4.12. The van der Waals surface area contributed by atoms with E-state index < -0.39 is 0 Å². The molecule has 0 fully saturated rings. The molecule has 0 aliphatic heterocycles. The molecule has 0 N–H and O–H groups in total. The van der Waals surface area contributed by atoms with Gasteiger partial charge >= 0.3 is 0 Å². The number of rotatable bonds is 8. The number of amides is 1. The minimum atomic E-state index is -0.239.